The Kier molecular flexibility index (Phi) is 2.57. The van der Waals surface area contributed by atoms with Gasteiger partial charge in [0.25, 0.3) is 0 Å². The molecule has 0 unspecified atom stereocenters. The van der Waals surface area contributed by atoms with Gasteiger partial charge in [-0.1, -0.05) is 12.2 Å². The standard InChI is InChI=1S/C11H10N2OS/c1-7-6-13-11(15)8(5-12)10(7)9-3-2-4-14-9/h2-4,6,8,10H,1H3,(H,13,15)/t8-,10+/m0/s1. The molecule has 1 aliphatic rings. The molecule has 1 N–H and O–H groups in total. The second kappa shape index (κ2) is 3.87. The first-order valence-corrected chi connectivity index (χ1v) is 5.05. The first-order valence-electron chi connectivity index (χ1n) is 4.64. The van der Waals surface area contributed by atoms with Crippen LogP contribution in [0.3, 0.4) is 0 Å². The van der Waals surface area contributed by atoms with Crippen LogP contribution in [0, 0.1) is 17.2 Å². The number of hydrogen-bond acceptors (Lipinski definition) is 3. The van der Waals surface area contributed by atoms with Crippen molar-refractivity contribution in [1.82, 2.24) is 5.32 Å². The topological polar surface area (TPSA) is 49.0 Å². The van der Waals surface area contributed by atoms with Crippen molar-refractivity contribution in [3.63, 3.8) is 0 Å². The van der Waals surface area contributed by atoms with E-state index in [2.05, 4.69) is 11.4 Å². The number of allylic oxidation sites excluding steroid dienone is 1. The Hall–Kier alpha value is -1.60. The molecule has 3 nitrogen and oxygen atoms in total. The predicted octanol–water partition coefficient (Wildman–Crippen LogP) is 2.34. The van der Waals surface area contributed by atoms with Crippen molar-refractivity contribution in [2.24, 2.45) is 5.92 Å². The second-order valence-corrected chi connectivity index (χ2v) is 3.94. The van der Waals surface area contributed by atoms with E-state index < -0.39 is 0 Å². The lowest BCUT2D eigenvalue weighted by molar-refractivity contribution is 0.464. The molecule has 4 heteroatoms. The fraction of sp³-hybridized carbons (Fsp3) is 0.273. The van der Waals surface area contributed by atoms with Crippen molar-refractivity contribution in [3.8, 4) is 6.07 Å². The van der Waals surface area contributed by atoms with E-state index >= 15 is 0 Å². The molecular weight excluding hydrogens is 208 g/mol. The van der Waals surface area contributed by atoms with Gasteiger partial charge in [-0.05, 0) is 24.6 Å². The molecule has 1 aromatic heterocycles. The lowest BCUT2D eigenvalue weighted by Crippen LogP contribution is -2.33. The van der Waals surface area contributed by atoms with Crippen LogP contribution < -0.4 is 5.32 Å². The Labute approximate surface area is 93.4 Å². The van der Waals surface area contributed by atoms with Gasteiger partial charge in [-0.2, -0.15) is 5.26 Å². The summed E-state index contributed by atoms with van der Waals surface area (Å²) >= 11 is 5.11. The van der Waals surface area contributed by atoms with Gasteiger partial charge in [0, 0.05) is 6.20 Å². The van der Waals surface area contributed by atoms with E-state index in [0.717, 1.165) is 11.3 Å². The van der Waals surface area contributed by atoms with Crippen molar-refractivity contribution < 1.29 is 4.42 Å². The van der Waals surface area contributed by atoms with E-state index in [1.54, 1.807) is 6.26 Å². The molecule has 0 fully saturated rings. The summed E-state index contributed by atoms with van der Waals surface area (Å²) in [6, 6.07) is 5.91. The summed E-state index contributed by atoms with van der Waals surface area (Å²) in [6.45, 7) is 1.96. The van der Waals surface area contributed by atoms with E-state index in [4.69, 9.17) is 21.9 Å². The maximum absolute atomic E-state index is 9.10. The molecule has 1 aliphatic heterocycles. The third-order valence-electron chi connectivity index (χ3n) is 2.54. The van der Waals surface area contributed by atoms with Gasteiger partial charge >= 0.3 is 0 Å². The van der Waals surface area contributed by atoms with Crippen LogP contribution in [0.4, 0.5) is 0 Å². The molecule has 0 radical (unpaired) electrons. The molecule has 0 amide bonds. The molecule has 0 saturated carbocycles. The van der Waals surface area contributed by atoms with Crippen LogP contribution in [0.5, 0.6) is 0 Å². The van der Waals surface area contributed by atoms with Crippen LogP contribution in [-0.4, -0.2) is 4.99 Å². The highest BCUT2D eigenvalue weighted by molar-refractivity contribution is 7.80. The van der Waals surface area contributed by atoms with Gasteiger partial charge in [0.1, 0.15) is 11.7 Å². The number of rotatable bonds is 1. The van der Waals surface area contributed by atoms with Gasteiger partial charge in [-0.25, -0.2) is 0 Å². The van der Waals surface area contributed by atoms with Gasteiger partial charge in [-0.3, -0.25) is 0 Å². The molecule has 1 aromatic rings. The fourth-order valence-corrected chi connectivity index (χ4v) is 2.02. The largest absolute Gasteiger partial charge is 0.469 e. The quantitative estimate of drug-likeness (QED) is 0.735. The summed E-state index contributed by atoms with van der Waals surface area (Å²) in [5.74, 6) is 0.397. The number of nitriles is 1. The van der Waals surface area contributed by atoms with Crippen LogP contribution >= 0.6 is 12.2 Å². The van der Waals surface area contributed by atoms with Crippen LogP contribution in [-0.2, 0) is 0 Å². The van der Waals surface area contributed by atoms with Crippen molar-refractivity contribution in [2.75, 3.05) is 0 Å². The molecule has 2 atom stereocenters. The fourth-order valence-electron chi connectivity index (χ4n) is 1.77. The molecule has 76 valence electrons. The molecule has 0 saturated heterocycles. The zero-order valence-corrected chi connectivity index (χ0v) is 9.04. The monoisotopic (exact) mass is 218 g/mol. The van der Waals surface area contributed by atoms with Gasteiger partial charge in [0.05, 0.1) is 23.2 Å². The highest BCUT2D eigenvalue weighted by Crippen LogP contribution is 2.34. The summed E-state index contributed by atoms with van der Waals surface area (Å²) in [4.78, 5) is 0.560. The van der Waals surface area contributed by atoms with E-state index in [0.29, 0.717) is 4.99 Å². The normalized spacial score (nSPS) is 25.3. The number of furan rings is 1. The molecule has 0 aliphatic carbocycles. The highest BCUT2D eigenvalue weighted by Gasteiger charge is 2.32. The summed E-state index contributed by atoms with van der Waals surface area (Å²) in [7, 11) is 0. The minimum Gasteiger partial charge on any atom is -0.469 e. The molecule has 2 heterocycles. The van der Waals surface area contributed by atoms with Crippen molar-refractivity contribution in [1.29, 1.82) is 5.26 Å². The Balaban J connectivity index is 2.43. The molecule has 0 spiro atoms. The minimum atomic E-state index is -0.337. The zero-order valence-electron chi connectivity index (χ0n) is 8.23. The first-order chi connectivity index (χ1) is 7.24. The Bertz CT molecular complexity index is 442. The third kappa shape index (κ3) is 1.66. The molecule has 2 rings (SSSR count). The number of hydrogen-bond donors (Lipinski definition) is 1. The second-order valence-electron chi connectivity index (χ2n) is 3.50. The van der Waals surface area contributed by atoms with Crippen molar-refractivity contribution >= 4 is 17.2 Å². The average molecular weight is 218 g/mol. The minimum absolute atomic E-state index is 0.0567. The summed E-state index contributed by atoms with van der Waals surface area (Å²) in [5, 5.41) is 12.0. The van der Waals surface area contributed by atoms with Gasteiger partial charge in [0.15, 0.2) is 0 Å². The SMILES string of the molecule is CC1=CNC(=S)[C@@H](C#N)[C@@H]1c1ccco1. The molecule has 0 aromatic carbocycles. The Morgan fingerprint density at radius 2 is 2.40 bits per heavy atom. The lowest BCUT2D eigenvalue weighted by atomic mass is 9.83. The van der Waals surface area contributed by atoms with E-state index in [1.165, 1.54) is 0 Å². The van der Waals surface area contributed by atoms with Gasteiger partial charge < -0.3 is 9.73 Å². The predicted molar refractivity (Wildman–Crippen MR) is 60.0 cm³/mol. The van der Waals surface area contributed by atoms with Crippen LogP contribution in [0.15, 0.2) is 34.6 Å². The molecule has 0 bridgehead atoms. The summed E-state index contributed by atoms with van der Waals surface area (Å²) < 4.78 is 5.34. The number of thiocarbonyl (C=S) groups is 1. The van der Waals surface area contributed by atoms with Crippen molar-refractivity contribution in [2.45, 2.75) is 12.8 Å². The van der Waals surface area contributed by atoms with Crippen LogP contribution in [0.2, 0.25) is 0 Å². The first kappa shape index (κ1) is 9.94. The highest BCUT2D eigenvalue weighted by atomic mass is 32.1. The Morgan fingerprint density at radius 3 is 3.00 bits per heavy atom. The lowest BCUT2D eigenvalue weighted by Gasteiger charge is -2.26. The summed E-state index contributed by atoms with van der Waals surface area (Å²) in [5.41, 5.74) is 1.06. The smallest absolute Gasteiger partial charge is 0.112 e. The maximum Gasteiger partial charge on any atom is 0.112 e. The van der Waals surface area contributed by atoms with E-state index in [9.17, 15) is 0 Å². The summed E-state index contributed by atoms with van der Waals surface area (Å²) in [6.07, 6.45) is 3.45. The third-order valence-corrected chi connectivity index (χ3v) is 2.91. The van der Waals surface area contributed by atoms with E-state index in [-0.39, 0.29) is 11.8 Å². The number of nitrogens with zero attached hydrogens (tertiary/aromatic N) is 1. The average Bonchev–Trinajstić information content (AvgIpc) is 2.74. The molecule has 15 heavy (non-hydrogen) atoms. The van der Waals surface area contributed by atoms with Gasteiger partial charge in [0.2, 0.25) is 0 Å². The van der Waals surface area contributed by atoms with Crippen LogP contribution in [0.25, 0.3) is 0 Å². The molecular formula is C11H10N2OS. The number of nitrogens with one attached hydrogen (secondary N) is 1. The van der Waals surface area contributed by atoms with Gasteiger partial charge in [-0.15, -0.1) is 0 Å². The zero-order chi connectivity index (χ0) is 10.8. The Morgan fingerprint density at radius 1 is 1.60 bits per heavy atom. The van der Waals surface area contributed by atoms with E-state index in [1.807, 2.05) is 25.3 Å². The van der Waals surface area contributed by atoms with Crippen molar-refractivity contribution in [3.05, 3.63) is 35.9 Å². The van der Waals surface area contributed by atoms with Crippen LogP contribution in [0.1, 0.15) is 18.6 Å². The maximum atomic E-state index is 9.10.